The summed E-state index contributed by atoms with van der Waals surface area (Å²) in [5, 5.41) is 60.0. The number of aliphatic hydroxyl groups is 5. The summed E-state index contributed by atoms with van der Waals surface area (Å²) in [4.78, 5) is 0. The zero-order chi connectivity index (χ0) is 25.3. The molecule has 2 aromatic rings. The van der Waals surface area contributed by atoms with Crippen LogP contribution < -0.4 is 14.2 Å². The maximum atomic E-state index is 10.5. The van der Waals surface area contributed by atoms with E-state index in [2.05, 4.69) is 0 Å². The van der Waals surface area contributed by atoms with Crippen LogP contribution in [0.2, 0.25) is 0 Å². The molecule has 192 valence electrons. The lowest BCUT2D eigenvalue weighted by Crippen LogP contribution is -2.58. The van der Waals surface area contributed by atoms with Gasteiger partial charge in [-0.25, -0.2) is 0 Å². The zero-order valence-corrected chi connectivity index (χ0v) is 19.6. The largest absolute Gasteiger partial charge is 0.504 e. The summed E-state index contributed by atoms with van der Waals surface area (Å²) in [6, 6.07) is 8.46. The Morgan fingerprint density at radius 2 is 1.74 bits per heavy atom. The summed E-state index contributed by atoms with van der Waals surface area (Å²) in [7, 11) is 1.44. The molecule has 10 nitrogen and oxygen atoms in total. The van der Waals surface area contributed by atoms with Crippen molar-refractivity contribution in [3.05, 3.63) is 47.0 Å². The molecule has 0 saturated carbocycles. The second kappa shape index (κ2) is 10.6. The molecule has 0 bridgehead atoms. The van der Waals surface area contributed by atoms with Crippen molar-refractivity contribution in [2.75, 3.05) is 20.3 Å². The van der Waals surface area contributed by atoms with E-state index in [1.807, 2.05) is 6.07 Å². The molecule has 1 saturated heterocycles. The van der Waals surface area contributed by atoms with E-state index < -0.39 is 42.7 Å². The first-order chi connectivity index (χ1) is 16.8. The quantitative estimate of drug-likeness (QED) is 0.310. The summed E-state index contributed by atoms with van der Waals surface area (Å²) < 4.78 is 22.8. The van der Waals surface area contributed by atoms with Gasteiger partial charge in [0.05, 0.1) is 25.7 Å². The average molecular weight is 493 g/mol. The van der Waals surface area contributed by atoms with Crippen LogP contribution in [0.5, 0.6) is 23.0 Å². The number of benzene rings is 2. The van der Waals surface area contributed by atoms with Crippen molar-refractivity contribution in [1.29, 1.82) is 0 Å². The number of phenols is 1. The highest BCUT2D eigenvalue weighted by Gasteiger charge is 2.43. The standard InChI is InChI=1S/C25H32O10/c1-12-20(29)21(30)22(31)25(33-12)34-18-6-5-14(10-19(18)32-2)23-16(11-27)15-8-13(4-3-7-26)9-17(28)24(15)35-23/h5-6,8-10,12,16,20-23,25-31H,3-4,7,11H2,1-2H3/t12-,16+,20-,21+,22+,23-,25-/m1/s1. The van der Waals surface area contributed by atoms with Crippen molar-refractivity contribution >= 4 is 0 Å². The third-order valence-electron chi connectivity index (χ3n) is 6.56. The van der Waals surface area contributed by atoms with E-state index >= 15 is 0 Å². The SMILES string of the molecule is COc1cc([C@H]2Oc3c(O)cc(CCCO)cc3[C@@H]2CO)ccc1O[C@H]1O[C@H](C)[C@@H](O)[C@H](O)[C@@H]1O. The van der Waals surface area contributed by atoms with Crippen LogP contribution >= 0.6 is 0 Å². The van der Waals surface area contributed by atoms with Crippen LogP contribution in [-0.4, -0.2) is 81.7 Å². The molecular weight excluding hydrogens is 460 g/mol. The van der Waals surface area contributed by atoms with Crippen molar-refractivity contribution in [3.8, 4) is 23.0 Å². The highest BCUT2D eigenvalue weighted by molar-refractivity contribution is 5.55. The minimum Gasteiger partial charge on any atom is -0.504 e. The van der Waals surface area contributed by atoms with Gasteiger partial charge in [-0.15, -0.1) is 0 Å². The van der Waals surface area contributed by atoms with Gasteiger partial charge in [-0.05, 0) is 49.1 Å². The molecule has 0 unspecified atom stereocenters. The van der Waals surface area contributed by atoms with Crippen LogP contribution in [-0.2, 0) is 11.2 Å². The van der Waals surface area contributed by atoms with E-state index in [4.69, 9.17) is 24.1 Å². The predicted molar refractivity (Wildman–Crippen MR) is 123 cm³/mol. The molecule has 0 radical (unpaired) electrons. The number of phenolic OH excluding ortho intramolecular Hbond substituents is 1. The molecule has 2 aliphatic heterocycles. The van der Waals surface area contributed by atoms with Crippen LogP contribution in [0.3, 0.4) is 0 Å². The number of aliphatic hydroxyl groups excluding tert-OH is 5. The number of aromatic hydroxyl groups is 1. The van der Waals surface area contributed by atoms with Gasteiger partial charge in [0.15, 0.2) is 23.0 Å². The molecule has 2 heterocycles. The Kier molecular flexibility index (Phi) is 7.70. The molecule has 6 N–H and O–H groups in total. The topological polar surface area (TPSA) is 158 Å². The van der Waals surface area contributed by atoms with Gasteiger partial charge in [-0.1, -0.05) is 12.1 Å². The normalized spacial score (nSPS) is 30.0. The predicted octanol–water partition coefficient (Wildman–Crippen LogP) is 0.742. The first-order valence-electron chi connectivity index (χ1n) is 11.6. The van der Waals surface area contributed by atoms with Crippen molar-refractivity contribution in [1.82, 2.24) is 0 Å². The molecule has 0 aliphatic carbocycles. The molecule has 0 amide bonds. The van der Waals surface area contributed by atoms with Crippen LogP contribution in [0.1, 0.15) is 42.1 Å². The molecule has 0 aromatic heterocycles. The molecular formula is C25H32O10. The first-order valence-corrected chi connectivity index (χ1v) is 11.6. The fourth-order valence-corrected chi connectivity index (χ4v) is 4.59. The fourth-order valence-electron chi connectivity index (χ4n) is 4.59. The highest BCUT2D eigenvalue weighted by Crippen LogP contribution is 2.51. The van der Waals surface area contributed by atoms with Gasteiger partial charge >= 0.3 is 0 Å². The number of ether oxygens (including phenoxy) is 4. The zero-order valence-electron chi connectivity index (χ0n) is 19.6. The smallest absolute Gasteiger partial charge is 0.229 e. The minimum absolute atomic E-state index is 0.0263. The first kappa shape index (κ1) is 25.5. The molecule has 35 heavy (non-hydrogen) atoms. The third kappa shape index (κ3) is 4.90. The average Bonchev–Trinajstić information content (AvgIpc) is 3.24. The van der Waals surface area contributed by atoms with Crippen molar-refractivity contribution in [3.63, 3.8) is 0 Å². The van der Waals surface area contributed by atoms with Gasteiger partial charge in [0.25, 0.3) is 0 Å². The Balaban J connectivity index is 1.58. The van der Waals surface area contributed by atoms with E-state index in [0.717, 1.165) is 5.56 Å². The summed E-state index contributed by atoms with van der Waals surface area (Å²) in [5.74, 6) is 0.377. The summed E-state index contributed by atoms with van der Waals surface area (Å²) in [6.07, 6.45) is -5.60. The number of fused-ring (bicyclic) bond motifs is 1. The molecule has 0 spiro atoms. The van der Waals surface area contributed by atoms with Gasteiger partial charge < -0.3 is 49.6 Å². The van der Waals surface area contributed by atoms with Gasteiger partial charge in [0.2, 0.25) is 6.29 Å². The van der Waals surface area contributed by atoms with Gasteiger partial charge in [-0.3, -0.25) is 0 Å². The van der Waals surface area contributed by atoms with Gasteiger partial charge in [0, 0.05) is 12.2 Å². The Bertz CT molecular complexity index is 1030. The second-order valence-electron chi connectivity index (χ2n) is 8.90. The molecule has 10 heteroatoms. The summed E-state index contributed by atoms with van der Waals surface area (Å²) >= 11 is 0. The van der Waals surface area contributed by atoms with Crippen LogP contribution in [0.15, 0.2) is 30.3 Å². The second-order valence-corrected chi connectivity index (χ2v) is 8.90. The molecule has 4 rings (SSSR count). The van der Waals surface area contributed by atoms with Crippen molar-refractivity contribution < 1.29 is 49.6 Å². The van der Waals surface area contributed by atoms with Crippen LogP contribution in [0.25, 0.3) is 0 Å². The Morgan fingerprint density at radius 1 is 0.971 bits per heavy atom. The Hall–Kier alpha value is -2.60. The highest BCUT2D eigenvalue weighted by atomic mass is 16.7. The van der Waals surface area contributed by atoms with E-state index in [0.29, 0.717) is 35.5 Å². The monoisotopic (exact) mass is 492 g/mol. The number of aryl methyl sites for hydroxylation is 1. The fraction of sp³-hybridized carbons (Fsp3) is 0.520. The summed E-state index contributed by atoms with van der Waals surface area (Å²) in [6.45, 7) is 1.38. The number of methoxy groups -OCH3 is 1. The van der Waals surface area contributed by atoms with E-state index in [-0.39, 0.29) is 24.7 Å². The number of hydrogen-bond acceptors (Lipinski definition) is 10. The van der Waals surface area contributed by atoms with E-state index in [1.54, 1.807) is 31.2 Å². The van der Waals surface area contributed by atoms with Gasteiger partial charge in [0.1, 0.15) is 24.4 Å². The lowest BCUT2D eigenvalue weighted by Gasteiger charge is -2.39. The maximum absolute atomic E-state index is 10.5. The maximum Gasteiger partial charge on any atom is 0.229 e. The molecule has 2 aromatic carbocycles. The van der Waals surface area contributed by atoms with Gasteiger partial charge in [-0.2, -0.15) is 0 Å². The Labute approximate surface area is 202 Å². The van der Waals surface area contributed by atoms with Crippen LogP contribution in [0.4, 0.5) is 0 Å². The number of rotatable bonds is 8. The third-order valence-corrected chi connectivity index (χ3v) is 6.56. The molecule has 1 fully saturated rings. The molecule has 7 atom stereocenters. The number of hydrogen-bond donors (Lipinski definition) is 6. The van der Waals surface area contributed by atoms with Crippen LogP contribution in [0, 0.1) is 0 Å². The van der Waals surface area contributed by atoms with E-state index in [9.17, 15) is 25.5 Å². The summed E-state index contributed by atoms with van der Waals surface area (Å²) in [5.41, 5.74) is 2.19. The van der Waals surface area contributed by atoms with Crippen molar-refractivity contribution in [2.24, 2.45) is 0 Å². The minimum atomic E-state index is -1.47. The lowest BCUT2D eigenvalue weighted by atomic mass is 9.90. The van der Waals surface area contributed by atoms with E-state index in [1.165, 1.54) is 7.11 Å². The Morgan fingerprint density at radius 3 is 2.43 bits per heavy atom. The molecule has 2 aliphatic rings. The van der Waals surface area contributed by atoms with Crippen molar-refractivity contribution in [2.45, 2.75) is 62.5 Å². The lowest BCUT2D eigenvalue weighted by molar-refractivity contribution is -0.268.